The SMILES string of the molecule is CN(CCCOc1ccc(Cl)cc1)C(=O)CCCc1nc2ccccc2c(=O)[nH]1. The molecule has 1 N–H and O–H groups in total. The third-order valence-electron chi connectivity index (χ3n) is 4.61. The largest absolute Gasteiger partial charge is 0.494 e. The van der Waals surface area contributed by atoms with Gasteiger partial charge < -0.3 is 14.6 Å². The number of aromatic nitrogens is 2. The highest BCUT2D eigenvalue weighted by Crippen LogP contribution is 2.15. The van der Waals surface area contributed by atoms with E-state index in [1.54, 1.807) is 30.1 Å². The van der Waals surface area contributed by atoms with Gasteiger partial charge in [0.1, 0.15) is 11.6 Å². The standard InChI is InChI=1S/C22H24ClN3O3/c1-26(14-5-15-29-17-12-10-16(23)11-13-17)21(27)9-4-8-20-24-19-7-3-2-6-18(19)22(28)25-20/h2-3,6-7,10-13H,4-5,8-9,14-15H2,1H3,(H,24,25,28). The Morgan fingerprint density at radius 2 is 1.90 bits per heavy atom. The lowest BCUT2D eigenvalue weighted by molar-refractivity contribution is -0.130. The molecular formula is C22H24ClN3O3. The van der Waals surface area contributed by atoms with Crippen LogP contribution in [0.3, 0.4) is 0 Å². The van der Waals surface area contributed by atoms with Crippen molar-refractivity contribution in [2.45, 2.75) is 25.7 Å². The summed E-state index contributed by atoms with van der Waals surface area (Å²) < 4.78 is 5.64. The molecule has 29 heavy (non-hydrogen) atoms. The average Bonchev–Trinajstić information content (AvgIpc) is 2.72. The summed E-state index contributed by atoms with van der Waals surface area (Å²) in [4.78, 5) is 33.3. The number of ether oxygens (including phenoxy) is 1. The summed E-state index contributed by atoms with van der Waals surface area (Å²) >= 11 is 5.84. The van der Waals surface area contributed by atoms with Gasteiger partial charge in [0.15, 0.2) is 0 Å². The molecule has 0 saturated heterocycles. The van der Waals surface area contributed by atoms with Crippen LogP contribution in [-0.4, -0.2) is 41.0 Å². The van der Waals surface area contributed by atoms with Gasteiger partial charge in [-0.2, -0.15) is 0 Å². The van der Waals surface area contributed by atoms with Crippen molar-refractivity contribution in [2.24, 2.45) is 0 Å². The number of para-hydroxylation sites is 1. The maximum absolute atomic E-state index is 12.3. The van der Waals surface area contributed by atoms with Gasteiger partial charge in [0.05, 0.1) is 17.5 Å². The van der Waals surface area contributed by atoms with E-state index in [-0.39, 0.29) is 11.5 Å². The molecule has 3 aromatic rings. The number of fused-ring (bicyclic) bond motifs is 1. The summed E-state index contributed by atoms with van der Waals surface area (Å²) in [6.07, 6.45) is 2.33. The molecule has 0 aliphatic carbocycles. The van der Waals surface area contributed by atoms with E-state index in [0.29, 0.717) is 54.2 Å². The van der Waals surface area contributed by atoms with E-state index in [2.05, 4.69) is 9.97 Å². The fourth-order valence-corrected chi connectivity index (χ4v) is 3.12. The quantitative estimate of drug-likeness (QED) is 0.541. The van der Waals surface area contributed by atoms with E-state index in [9.17, 15) is 9.59 Å². The topological polar surface area (TPSA) is 75.3 Å². The van der Waals surface area contributed by atoms with Crippen molar-refractivity contribution in [3.63, 3.8) is 0 Å². The number of hydrogen-bond acceptors (Lipinski definition) is 4. The molecule has 0 spiro atoms. The number of nitrogens with zero attached hydrogens (tertiary/aromatic N) is 2. The first kappa shape index (κ1) is 20.9. The highest BCUT2D eigenvalue weighted by atomic mass is 35.5. The Kier molecular flexibility index (Phi) is 7.25. The Morgan fingerprint density at radius 3 is 2.69 bits per heavy atom. The van der Waals surface area contributed by atoms with Crippen molar-refractivity contribution in [2.75, 3.05) is 20.2 Å². The summed E-state index contributed by atoms with van der Waals surface area (Å²) in [5.74, 6) is 1.44. The number of aryl methyl sites for hydroxylation is 1. The van der Waals surface area contributed by atoms with Gasteiger partial charge in [-0.25, -0.2) is 4.98 Å². The minimum absolute atomic E-state index is 0.0691. The summed E-state index contributed by atoms with van der Waals surface area (Å²) in [5, 5.41) is 1.25. The van der Waals surface area contributed by atoms with Gasteiger partial charge in [-0.1, -0.05) is 23.7 Å². The lowest BCUT2D eigenvalue weighted by Gasteiger charge is -2.17. The Morgan fingerprint density at radius 1 is 1.14 bits per heavy atom. The zero-order valence-electron chi connectivity index (χ0n) is 16.4. The van der Waals surface area contributed by atoms with Crippen molar-refractivity contribution in [1.82, 2.24) is 14.9 Å². The van der Waals surface area contributed by atoms with Crippen LogP contribution >= 0.6 is 11.6 Å². The monoisotopic (exact) mass is 413 g/mol. The number of halogens is 1. The second kappa shape index (κ2) is 10.1. The number of nitrogens with one attached hydrogen (secondary N) is 1. The van der Waals surface area contributed by atoms with Gasteiger partial charge in [-0.15, -0.1) is 0 Å². The van der Waals surface area contributed by atoms with Gasteiger partial charge in [-0.3, -0.25) is 9.59 Å². The summed E-state index contributed by atoms with van der Waals surface area (Å²) in [6, 6.07) is 14.4. The Hall–Kier alpha value is -2.86. The number of carbonyl (C=O) groups excluding carboxylic acids is 1. The molecule has 1 heterocycles. The van der Waals surface area contributed by atoms with Crippen molar-refractivity contribution >= 4 is 28.4 Å². The fourth-order valence-electron chi connectivity index (χ4n) is 3.00. The predicted octanol–water partition coefficient (Wildman–Crippen LogP) is 3.83. The van der Waals surface area contributed by atoms with Crippen molar-refractivity contribution in [1.29, 1.82) is 0 Å². The smallest absolute Gasteiger partial charge is 0.258 e. The molecule has 0 aliphatic rings. The third kappa shape index (κ3) is 6.06. The lowest BCUT2D eigenvalue weighted by atomic mass is 10.2. The van der Waals surface area contributed by atoms with Crippen LogP contribution in [0, 0.1) is 0 Å². The summed E-state index contributed by atoms with van der Waals surface area (Å²) in [5.41, 5.74) is 0.533. The maximum atomic E-state index is 12.3. The summed E-state index contributed by atoms with van der Waals surface area (Å²) in [7, 11) is 1.79. The molecule has 0 atom stereocenters. The van der Waals surface area contributed by atoms with E-state index in [1.807, 2.05) is 30.3 Å². The number of hydrogen-bond donors (Lipinski definition) is 1. The van der Waals surface area contributed by atoms with Crippen molar-refractivity contribution in [3.8, 4) is 5.75 Å². The molecule has 1 amide bonds. The Bertz CT molecular complexity index is 1020. The van der Waals surface area contributed by atoms with E-state index in [0.717, 1.165) is 12.2 Å². The number of amides is 1. The van der Waals surface area contributed by atoms with E-state index in [4.69, 9.17) is 16.3 Å². The first-order valence-corrected chi connectivity index (χ1v) is 10.0. The van der Waals surface area contributed by atoms with Gasteiger partial charge in [0, 0.05) is 31.5 Å². The molecule has 0 bridgehead atoms. The highest BCUT2D eigenvalue weighted by molar-refractivity contribution is 6.30. The van der Waals surface area contributed by atoms with Crippen molar-refractivity contribution in [3.05, 3.63) is 69.7 Å². The number of H-pyrrole nitrogens is 1. The van der Waals surface area contributed by atoms with Crippen LogP contribution in [0.5, 0.6) is 5.75 Å². The Labute approximate surface area is 174 Å². The summed E-state index contributed by atoms with van der Waals surface area (Å²) in [6.45, 7) is 1.15. The van der Waals surface area contributed by atoms with Gasteiger partial charge in [0.25, 0.3) is 5.56 Å². The van der Waals surface area contributed by atoms with Crippen LogP contribution in [0.2, 0.25) is 5.02 Å². The second-order valence-electron chi connectivity index (χ2n) is 6.85. The molecule has 0 unspecified atom stereocenters. The van der Waals surface area contributed by atoms with Gasteiger partial charge >= 0.3 is 0 Å². The molecule has 6 nitrogen and oxygen atoms in total. The zero-order valence-corrected chi connectivity index (χ0v) is 17.1. The number of carbonyl (C=O) groups is 1. The number of rotatable bonds is 9. The Balaban J connectivity index is 1.38. The fraction of sp³-hybridized carbons (Fsp3) is 0.318. The van der Waals surface area contributed by atoms with Gasteiger partial charge in [0.2, 0.25) is 5.91 Å². The van der Waals surface area contributed by atoms with Crippen LogP contribution in [0.1, 0.15) is 25.1 Å². The molecule has 2 aromatic carbocycles. The normalized spacial score (nSPS) is 10.8. The average molecular weight is 414 g/mol. The van der Waals surface area contributed by atoms with Crippen LogP contribution in [-0.2, 0) is 11.2 Å². The molecule has 0 fully saturated rings. The van der Waals surface area contributed by atoms with E-state index in [1.165, 1.54) is 0 Å². The molecule has 1 aromatic heterocycles. The molecule has 0 aliphatic heterocycles. The second-order valence-corrected chi connectivity index (χ2v) is 7.29. The minimum atomic E-state index is -0.144. The van der Waals surface area contributed by atoms with E-state index >= 15 is 0 Å². The molecule has 3 rings (SSSR count). The molecule has 0 saturated carbocycles. The van der Waals surface area contributed by atoms with Crippen LogP contribution in [0.15, 0.2) is 53.3 Å². The molecule has 7 heteroatoms. The minimum Gasteiger partial charge on any atom is -0.494 e. The highest BCUT2D eigenvalue weighted by Gasteiger charge is 2.10. The van der Waals surface area contributed by atoms with Crippen LogP contribution < -0.4 is 10.3 Å². The molecular weight excluding hydrogens is 390 g/mol. The molecule has 0 radical (unpaired) electrons. The van der Waals surface area contributed by atoms with Gasteiger partial charge in [-0.05, 0) is 49.2 Å². The van der Waals surface area contributed by atoms with E-state index < -0.39 is 0 Å². The first-order chi connectivity index (χ1) is 14.0. The maximum Gasteiger partial charge on any atom is 0.258 e. The van der Waals surface area contributed by atoms with Crippen LogP contribution in [0.25, 0.3) is 10.9 Å². The van der Waals surface area contributed by atoms with Crippen LogP contribution in [0.4, 0.5) is 0 Å². The lowest BCUT2D eigenvalue weighted by Crippen LogP contribution is -2.28. The number of benzene rings is 2. The first-order valence-electron chi connectivity index (χ1n) is 9.63. The zero-order chi connectivity index (χ0) is 20.6. The molecule has 152 valence electrons. The van der Waals surface area contributed by atoms with Crippen molar-refractivity contribution < 1.29 is 9.53 Å². The predicted molar refractivity (Wildman–Crippen MR) is 115 cm³/mol. The number of aromatic amines is 1. The third-order valence-corrected chi connectivity index (χ3v) is 4.86.